The van der Waals surface area contributed by atoms with Gasteiger partial charge in [0.15, 0.2) is 0 Å². The molecule has 1 unspecified atom stereocenters. The van der Waals surface area contributed by atoms with Crippen molar-refractivity contribution in [2.45, 2.75) is 13.0 Å². The number of primary amides is 1. The Bertz CT molecular complexity index is 658. The molecule has 2 aromatic rings. The van der Waals surface area contributed by atoms with Crippen molar-refractivity contribution in [3.8, 4) is 11.5 Å². The summed E-state index contributed by atoms with van der Waals surface area (Å²) < 4.78 is 5.71. The molecule has 0 saturated heterocycles. The minimum Gasteiger partial charge on any atom is -0.456 e. The van der Waals surface area contributed by atoms with Crippen molar-refractivity contribution < 1.29 is 9.53 Å². The normalized spacial score (nSPS) is 12.0. The number of nitrogens with two attached hydrogens (primary N) is 1. The Labute approximate surface area is 128 Å². The Kier molecular flexibility index (Phi) is 4.83. The lowest BCUT2D eigenvalue weighted by Crippen LogP contribution is -2.13. The molecule has 0 bridgehead atoms. The molecule has 21 heavy (non-hydrogen) atoms. The van der Waals surface area contributed by atoms with E-state index in [0.717, 1.165) is 5.56 Å². The fourth-order valence-corrected chi connectivity index (χ4v) is 2.30. The number of ether oxygens (including phenoxy) is 1. The van der Waals surface area contributed by atoms with E-state index in [2.05, 4.69) is 5.32 Å². The summed E-state index contributed by atoms with van der Waals surface area (Å²) in [5.41, 5.74) is 6.64. The predicted molar refractivity (Wildman–Crippen MR) is 84.0 cm³/mol. The van der Waals surface area contributed by atoms with Crippen LogP contribution in [0.15, 0.2) is 42.5 Å². The summed E-state index contributed by atoms with van der Waals surface area (Å²) in [6.07, 6.45) is 0. The van der Waals surface area contributed by atoms with Gasteiger partial charge in [0.25, 0.3) is 5.91 Å². The number of hydrogen-bond acceptors (Lipinski definition) is 3. The third-order valence-electron chi connectivity index (χ3n) is 3.25. The summed E-state index contributed by atoms with van der Waals surface area (Å²) in [7, 11) is 1.87. The first-order chi connectivity index (χ1) is 10.0. The SMILES string of the molecule is CNC(C)c1ccc(Oc2ccccc2C(N)=O)cc1Cl. The first-order valence-corrected chi connectivity index (χ1v) is 6.94. The van der Waals surface area contributed by atoms with E-state index < -0.39 is 5.91 Å². The van der Waals surface area contributed by atoms with Gasteiger partial charge in [-0.25, -0.2) is 0 Å². The molecule has 0 fully saturated rings. The first-order valence-electron chi connectivity index (χ1n) is 6.56. The van der Waals surface area contributed by atoms with Crippen LogP contribution in [0.1, 0.15) is 28.9 Å². The van der Waals surface area contributed by atoms with E-state index in [1.165, 1.54) is 0 Å². The molecule has 0 aromatic heterocycles. The summed E-state index contributed by atoms with van der Waals surface area (Å²) in [6, 6.07) is 12.4. The Hall–Kier alpha value is -2.04. The molecule has 0 radical (unpaired) electrons. The van der Waals surface area contributed by atoms with E-state index in [4.69, 9.17) is 22.1 Å². The molecule has 1 amide bonds. The molecule has 0 aliphatic rings. The van der Waals surface area contributed by atoms with Gasteiger partial charge in [-0.15, -0.1) is 0 Å². The molecule has 2 rings (SSSR count). The zero-order chi connectivity index (χ0) is 15.4. The molecule has 4 nitrogen and oxygen atoms in total. The van der Waals surface area contributed by atoms with Gasteiger partial charge in [-0.3, -0.25) is 4.79 Å². The van der Waals surface area contributed by atoms with Gasteiger partial charge in [-0.2, -0.15) is 0 Å². The monoisotopic (exact) mass is 304 g/mol. The van der Waals surface area contributed by atoms with Gasteiger partial charge in [0.1, 0.15) is 11.5 Å². The largest absolute Gasteiger partial charge is 0.456 e. The van der Waals surface area contributed by atoms with Gasteiger partial charge in [0.2, 0.25) is 0 Å². The molecule has 2 aromatic carbocycles. The smallest absolute Gasteiger partial charge is 0.252 e. The summed E-state index contributed by atoms with van der Waals surface area (Å²) in [5.74, 6) is 0.438. The lowest BCUT2D eigenvalue weighted by atomic mass is 10.1. The van der Waals surface area contributed by atoms with Crippen molar-refractivity contribution in [3.63, 3.8) is 0 Å². The molecule has 0 aliphatic heterocycles. The third kappa shape index (κ3) is 3.54. The number of rotatable bonds is 5. The fraction of sp³-hybridized carbons (Fsp3) is 0.188. The Morgan fingerprint density at radius 1 is 1.29 bits per heavy atom. The first kappa shape index (κ1) is 15.4. The summed E-state index contributed by atoms with van der Waals surface area (Å²) in [6.45, 7) is 2.02. The Balaban J connectivity index is 2.29. The van der Waals surface area contributed by atoms with Gasteiger partial charge in [-0.05, 0) is 43.8 Å². The van der Waals surface area contributed by atoms with Crippen LogP contribution in [0.5, 0.6) is 11.5 Å². The van der Waals surface area contributed by atoms with Crippen molar-refractivity contribution in [2.24, 2.45) is 5.73 Å². The van der Waals surface area contributed by atoms with Crippen molar-refractivity contribution >= 4 is 17.5 Å². The highest BCUT2D eigenvalue weighted by Gasteiger charge is 2.12. The quantitative estimate of drug-likeness (QED) is 0.888. The van der Waals surface area contributed by atoms with Crippen LogP contribution in [-0.2, 0) is 0 Å². The molecular weight excluding hydrogens is 288 g/mol. The highest BCUT2D eigenvalue weighted by Crippen LogP contribution is 2.31. The van der Waals surface area contributed by atoms with Gasteiger partial charge >= 0.3 is 0 Å². The summed E-state index contributed by atoms with van der Waals surface area (Å²) >= 11 is 6.26. The number of carbonyl (C=O) groups excluding carboxylic acids is 1. The third-order valence-corrected chi connectivity index (χ3v) is 3.58. The van der Waals surface area contributed by atoms with Crippen LogP contribution in [0.3, 0.4) is 0 Å². The zero-order valence-corrected chi connectivity index (χ0v) is 12.6. The van der Waals surface area contributed by atoms with Gasteiger partial charge in [0.05, 0.1) is 5.56 Å². The van der Waals surface area contributed by atoms with Crippen molar-refractivity contribution in [1.29, 1.82) is 0 Å². The van der Waals surface area contributed by atoms with Crippen molar-refractivity contribution in [2.75, 3.05) is 7.05 Å². The minimum absolute atomic E-state index is 0.143. The highest BCUT2D eigenvalue weighted by atomic mass is 35.5. The van der Waals surface area contributed by atoms with Crippen molar-refractivity contribution in [3.05, 3.63) is 58.6 Å². The number of nitrogens with one attached hydrogen (secondary N) is 1. The van der Waals surface area contributed by atoms with Crippen LogP contribution in [-0.4, -0.2) is 13.0 Å². The number of benzene rings is 2. The number of hydrogen-bond donors (Lipinski definition) is 2. The minimum atomic E-state index is -0.530. The second-order valence-electron chi connectivity index (χ2n) is 4.66. The number of para-hydroxylation sites is 1. The van der Waals surface area contributed by atoms with Crippen molar-refractivity contribution in [1.82, 2.24) is 5.32 Å². The number of amides is 1. The highest BCUT2D eigenvalue weighted by molar-refractivity contribution is 6.31. The van der Waals surface area contributed by atoms with Crippen LogP contribution in [0.4, 0.5) is 0 Å². The topological polar surface area (TPSA) is 64.3 Å². The molecule has 5 heteroatoms. The molecule has 0 heterocycles. The van der Waals surface area contributed by atoms with Crippen LogP contribution in [0.2, 0.25) is 5.02 Å². The lowest BCUT2D eigenvalue weighted by Gasteiger charge is -2.14. The van der Waals surface area contributed by atoms with Crippen LogP contribution < -0.4 is 15.8 Å². The lowest BCUT2D eigenvalue weighted by molar-refractivity contribution is 0.0998. The number of carbonyl (C=O) groups is 1. The standard InChI is InChI=1S/C16H17ClN2O2/c1-10(19-2)12-8-7-11(9-14(12)17)21-15-6-4-3-5-13(15)16(18)20/h3-10,19H,1-2H3,(H2,18,20). The molecule has 0 spiro atoms. The number of halogens is 1. The molecule has 0 aliphatic carbocycles. The Morgan fingerprint density at radius 3 is 2.62 bits per heavy atom. The van der Waals surface area contributed by atoms with Gasteiger partial charge in [0, 0.05) is 11.1 Å². The second kappa shape index (κ2) is 6.61. The summed E-state index contributed by atoms with van der Waals surface area (Å²) in [4.78, 5) is 11.4. The maximum Gasteiger partial charge on any atom is 0.252 e. The fourth-order valence-electron chi connectivity index (χ4n) is 1.96. The zero-order valence-electron chi connectivity index (χ0n) is 11.9. The second-order valence-corrected chi connectivity index (χ2v) is 5.06. The Morgan fingerprint density at radius 2 is 2.00 bits per heavy atom. The predicted octanol–water partition coefficient (Wildman–Crippen LogP) is 3.51. The molecular formula is C16H17ClN2O2. The van der Waals surface area contributed by atoms with Crippen LogP contribution in [0.25, 0.3) is 0 Å². The maximum absolute atomic E-state index is 11.4. The average Bonchev–Trinajstić information content (AvgIpc) is 2.47. The molecule has 110 valence electrons. The van der Waals surface area contributed by atoms with Gasteiger partial charge < -0.3 is 15.8 Å². The molecule has 3 N–H and O–H groups in total. The van der Waals surface area contributed by atoms with Crippen LogP contribution >= 0.6 is 11.6 Å². The molecule has 1 atom stereocenters. The van der Waals surface area contributed by atoms with E-state index in [0.29, 0.717) is 22.1 Å². The van der Waals surface area contributed by atoms with E-state index in [-0.39, 0.29) is 6.04 Å². The van der Waals surface area contributed by atoms with Crippen LogP contribution in [0, 0.1) is 0 Å². The molecule has 0 saturated carbocycles. The average molecular weight is 305 g/mol. The van der Waals surface area contributed by atoms with E-state index >= 15 is 0 Å². The van der Waals surface area contributed by atoms with E-state index in [1.54, 1.807) is 30.3 Å². The maximum atomic E-state index is 11.4. The van der Waals surface area contributed by atoms with E-state index in [1.807, 2.05) is 26.1 Å². The summed E-state index contributed by atoms with van der Waals surface area (Å²) in [5, 5.41) is 3.73. The van der Waals surface area contributed by atoms with Gasteiger partial charge in [-0.1, -0.05) is 29.8 Å². The van der Waals surface area contributed by atoms with E-state index in [9.17, 15) is 4.79 Å².